The molecule has 1 aliphatic carbocycles. The molecular formula is C25H31FN4O2. The van der Waals surface area contributed by atoms with Crippen molar-refractivity contribution in [1.29, 1.82) is 0 Å². The van der Waals surface area contributed by atoms with Crippen molar-refractivity contribution in [2.24, 2.45) is 11.3 Å². The van der Waals surface area contributed by atoms with Crippen LogP contribution in [-0.2, 0) is 17.9 Å². The molecule has 32 heavy (non-hydrogen) atoms. The second-order valence-corrected chi connectivity index (χ2v) is 9.72. The molecule has 0 atom stereocenters. The van der Waals surface area contributed by atoms with Gasteiger partial charge in [0.2, 0.25) is 5.91 Å². The molecule has 3 heterocycles. The van der Waals surface area contributed by atoms with E-state index in [4.69, 9.17) is 0 Å². The topological polar surface area (TPSA) is 58.4 Å². The van der Waals surface area contributed by atoms with Gasteiger partial charge in [0.25, 0.3) is 5.91 Å². The van der Waals surface area contributed by atoms with Crippen LogP contribution in [0.4, 0.5) is 4.39 Å². The van der Waals surface area contributed by atoms with Crippen molar-refractivity contribution in [2.45, 2.75) is 58.0 Å². The minimum atomic E-state index is -0.422. The van der Waals surface area contributed by atoms with Crippen LogP contribution in [0.2, 0.25) is 0 Å². The molecule has 2 amide bonds. The molecule has 170 valence electrons. The molecule has 6 nitrogen and oxygen atoms in total. The molecule has 5 rings (SSSR count). The molecule has 0 unspecified atom stereocenters. The number of aryl methyl sites for hydroxylation is 1. The number of hydrogen-bond acceptors (Lipinski definition) is 3. The number of amides is 2. The normalized spacial score (nSPS) is 20.7. The molecule has 1 aromatic carbocycles. The van der Waals surface area contributed by atoms with E-state index in [1.807, 2.05) is 20.7 Å². The van der Waals surface area contributed by atoms with Gasteiger partial charge in [-0.05, 0) is 44.1 Å². The Morgan fingerprint density at radius 1 is 1.12 bits per heavy atom. The van der Waals surface area contributed by atoms with Gasteiger partial charge < -0.3 is 9.80 Å². The van der Waals surface area contributed by atoms with Crippen LogP contribution >= 0.6 is 0 Å². The third-order valence-corrected chi connectivity index (χ3v) is 7.49. The number of carbonyl (C=O) groups excluding carboxylic acids is 2. The Bertz CT molecular complexity index is 991. The Morgan fingerprint density at radius 2 is 1.91 bits per heavy atom. The van der Waals surface area contributed by atoms with Crippen molar-refractivity contribution in [2.75, 3.05) is 19.6 Å². The summed E-state index contributed by atoms with van der Waals surface area (Å²) < 4.78 is 16.0. The third-order valence-electron chi connectivity index (χ3n) is 7.49. The first-order chi connectivity index (χ1) is 15.5. The van der Waals surface area contributed by atoms with E-state index >= 15 is 0 Å². The van der Waals surface area contributed by atoms with Crippen LogP contribution in [0.25, 0.3) is 0 Å². The molecule has 2 aliphatic heterocycles. The molecular weight excluding hydrogens is 407 g/mol. The van der Waals surface area contributed by atoms with Crippen molar-refractivity contribution >= 4 is 11.8 Å². The van der Waals surface area contributed by atoms with E-state index in [1.54, 1.807) is 24.4 Å². The molecule has 1 aromatic heterocycles. The lowest BCUT2D eigenvalue weighted by Crippen LogP contribution is -2.54. The summed E-state index contributed by atoms with van der Waals surface area (Å²) in [6, 6.07) is 6.66. The molecule has 3 aliphatic rings. The number of piperidine rings is 2. The van der Waals surface area contributed by atoms with Gasteiger partial charge in [0.1, 0.15) is 5.82 Å². The maximum Gasteiger partial charge on any atom is 0.257 e. The first kappa shape index (κ1) is 21.2. The zero-order valence-corrected chi connectivity index (χ0v) is 18.5. The highest BCUT2D eigenvalue weighted by Gasteiger charge is 2.46. The van der Waals surface area contributed by atoms with Gasteiger partial charge in [-0.25, -0.2) is 4.39 Å². The number of halogens is 1. The van der Waals surface area contributed by atoms with Crippen LogP contribution in [0.15, 0.2) is 36.7 Å². The second kappa shape index (κ2) is 8.68. The predicted octanol–water partition coefficient (Wildman–Crippen LogP) is 3.87. The fourth-order valence-corrected chi connectivity index (χ4v) is 5.24. The highest BCUT2D eigenvalue weighted by atomic mass is 19.1. The summed E-state index contributed by atoms with van der Waals surface area (Å²) in [5.74, 6) is 0.691. The lowest BCUT2D eigenvalue weighted by Gasteiger charge is -2.46. The largest absolute Gasteiger partial charge is 0.338 e. The summed E-state index contributed by atoms with van der Waals surface area (Å²) in [5, 5.41) is 4.36. The van der Waals surface area contributed by atoms with Crippen LogP contribution in [0.1, 0.15) is 60.9 Å². The molecule has 0 bridgehead atoms. The van der Waals surface area contributed by atoms with E-state index in [9.17, 15) is 14.0 Å². The number of hydrogen-bond donors (Lipinski definition) is 0. The maximum absolute atomic E-state index is 14.1. The second-order valence-electron chi connectivity index (χ2n) is 9.72. The Kier molecular flexibility index (Phi) is 5.74. The monoisotopic (exact) mass is 438 g/mol. The van der Waals surface area contributed by atoms with Crippen molar-refractivity contribution in [3.63, 3.8) is 0 Å². The number of rotatable bonds is 6. The Labute approximate surface area is 188 Å². The van der Waals surface area contributed by atoms with Crippen LogP contribution in [0.3, 0.4) is 0 Å². The lowest BCUT2D eigenvalue weighted by atomic mass is 9.71. The van der Waals surface area contributed by atoms with Gasteiger partial charge in [0.05, 0.1) is 17.2 Å². The smallest absolute Gasteiger partial charge is 0.257 e. The van der Waals surface area contributed by atoms with E-state index in [-0.39, 0.29) is 17.6 Å². The van der Waals surface area contributed by atoms with E-state index in [2.05, 4.69) is 5.10 Å². The van der Waals surface area contributed by atoms with E-state index in [0.717, 1.165) is 31.7 Å². The number of aromatic nitrogens is 2. The summed E-state index contributed by atoms with van der Waals surface area (Å²) in [5.41, 5.74) is 0.770. The van der Waals surface area contributed by atoms with E-state index < -0.39 is 5.41 Å². The zero-order chi connectivity index (χ0) is 22.1. The van der Waals surface area contributed by atoms with Crippen molar-refractivity contribution in [1.82, 2.24) is 19.6 Å². The van der Waals surface area contributed by atoms with Crippen molar-refractivity contribution in [3.05, 3.63) is 53.6 Å². The molecule has 2 saturated heterocycles. The Balaban J connectivity index is 1.19. The SMILES string of the molecule is O=C(c1cnn(CCC2CC2)c1)N1CCC2(CCCN(Cc3ccccc3F)C2=O)CC1. The summed E-state index contributed by atoms with van der Waals surface area (Å²) >= 11 is 0. The molecule has 0 N–H and O–H groups in total. The van der Waals surface area contributed by atoms with Crippen LogP contribution in [-0.4, -0.2) is 51.0 Å². The summed E-state index contributed by atoms with van der Waals surface area (Å²) in [7, 11) is 0. The van der Waals surface area contributed by atoms with E-state index in [0.29, 0.717) is 50.1 Å². The average molecular weight is 439 g/mol. The fourth-order valence-electron chi connectivity index (χ4n) is 5.24. The standard InChI is InChI=1S/C25H31FN4O2/c26-22-5-2-1-4-20(22)17-29-12-3-9-25(24(29)32)10-14-28(15-11-25)23(31)21-16-27-30(18-21)13-8-19-6-7-19/h1-2,4-5,16,18-19H,3,6-15,17H2. The quantitative estimate of drug-likeness (QED) is 0.688. The van der Waals surface area contributed by atoms with Gasteiger partial charge in [-0.2, -0.15) is 5.10 Å². The van der Waals surface area contributed by atoms with Crippen molar-refractivity contribution in [3.8, 4) is 0 Å². The summed E-state index contributed by atoms with van der Waals surface area (Å²) in [6.07, 6.45) is 10.4. The molecule has 3 fully saturated rings. The van der Waals surface area contributed by atoms with Gasteiger partial charge >= 0.3 is 0 Å². The fraction of sp³-hybridized carbons (Fsp3) is 0.560. The lowest BCUT2D eigenvalue weighted by molar-refractivity contribution is -0.150. The van der Waals surface area contributed by atoms with Gasteiger partial charge in [-0.1, -0.05) is 31.0 Å². The maximum atomic E-state index is 14.1. The number of benzene rings is 1. The molecule has 0 radical (unpaired) electrons. The van der Waals surface area contributed by atoms with E-state index in [1.165, 1.54) is 18.9 Å². The van der Waals surface area contributed by atoms with Gasteiger partial charge in [0, 0.05) is 44.5 Å². The highest BCUT2D eigenvalue weighted by molar-refractivity contribution is 5.94. The molecule has 2 aromatic rings. The van der Waals surface area contributed by atoms with Crippen molar-refractivity contribution < 1.29 is 14.0 Å². The minimum Gasteiger partial charge on any atom is -0.338 e. The molecule has 1 spiro atoms. The number of likely N-dealkylation sites (tertiary alicyclic amines) is 2. The van der Waals surface area contributed by atoms with Crippen LogP contribution in [0.5, 0.6) is 0 Å². The molecule has 1 saturated carbocycles. The Hall–Kier alpha value is -2.70. The third kappa shape index (κ3) is 4.30. The zero-order valence-electron chi connectivity index (χ0n) is 18.5. The predicted molar refractivity (Wildman–Crippen MR) is 118 cm³/mol. The van der Waals surface area contributed by atoms with Gasteiger partial charge in [-0.3, -0.25) is 14.3 Å². The van der Waals surface area contributed by atoms with Gasteiger partial charge in [0.15, 0.2) is 0 Å². The number of carbonyl (C=O) groups is 2. The number of nitrogens with zero attached hydrogens (tertiary/aromatic N) is 4. The van der Waals surface area contributed by atoms with Gasteiger partial charge in [-0.15, -0.1) is 0 Å². The van der Waals surface area contributed by atoms with Crippen LogP contribution < -0.4 is 0 Å². The summed E-state index contributed by atoms with van der Waals surface area (Å²) in [4.78, 5) is 30.0. The Morgan fingerprint density at radius 3 is 2.66 bits per heavy atom. The average Bonchev–Trinajstić information content (AvgIpc) is 3.52. The first-order valence-corrected chi connectivity index (χ1v) is 11.9. The summed E-state index contributed by atoms with van der Waals surface area (Å²) in [6.45, 7) is 3.00. The minimum absolute atomic E-state index is 0.00370. The highest BCUT2D eigenvalue weighted by Crippen LogP contribution is 2.41. The van der Waals surface area contributed by atoms with Crippen LogP contribution in [0, 0.1) is 17.2 Å². The molecule has 7 heteroatoms. The first-order valence-electron chi connectivity index (χ1n) is 11.9.